The van der Waals surface area contributed by atoms with E-state index in [1.54, 1.807) is 12.0 Å². The van der Waals surface area contributed by atoms with E-state index < -0.39 is 0 Å². The van der Waals surface area contributed by atoms with E-state index >= 15 is 0 Å². The van der Waals surface area contributed by atoms with E-state index in [9.17, 15) is 0 Å². The van der Waals surface area contributed by atoms with Crippen LogP contribution in [-0.4, -0.2) is 24.0 Å². The SMILES string of the molecule is Cc1cccc(C2CCN(C3CC4CCC3C4)CC2)c1C. The van der Waals surface area contributed by atoms with Crippen molar-refractivity contribution in [2.75, 3.05) is 13.1 Å². The minimum atomic E-state index is 0.805. The lowest BCUT2D eigenvalue weighted by atomic mass is 9.84. The summed E-state index contributed by atoms with van der Waals surface area (Å²) in [7, 11) is 0. The summed E-state index contributed by atoms with van der Waals surface area (Å²) in [5.74, 6) is 2.93. The van der Waals surface area contributed by atoms with Gasteiger partial charge in [-0.2, -0.15) is 0 Å². The molecule has 2 aliphatic carbocycles. The van der Waals surface area contributed by atoms with Crippen LogP contribution < -0.4 is 0 Å². The van der Waals surface area contributed by atoms with Crippen molar-refractivity contribution in [1.82, 2.24) is 4.90 Å². The molecule has 0 amide bonds. The maximum Gasteiger partial charge on any atom is 0.0126 e. The fourth-order valence-electron chi connectivity index (χ4n) is 5.42. The van der Waals surface area contributed by atoms with Crippen LogP contribution in [-0.2, 0) is 0 Å². The summed E-state index contributed by atoms with van der Waals surface area (Å²) in [6, 6.07) is 7.83. The van der Waals surface area contributed by atoms with Crippen molar-refractivity contribution in [3.63, 3.8) is 0 Å². The fraction of sp³-hybridized carbons (Fsp3) is 0.700. The van der Waals surface area contributed by atoms with E-state index in [2.05, 4.69) is 36.9 Å². The standard InChI is InChI=1S/C20H29N/c1-14-4-3-5-19(15(14)2)17-8-10-21(11-9-17)20-13-16-6-7-18(20)12-16/h3-5,16-18,20H,6-13H2,1-2H3. The quantitative estimate of drug-likeness (QED) is 0.762. The molecule has 1 aromatic carbocycles. The Balaban J connectivity index is 1.42. The van der Waals surface area contributed by atoms with Gasteiger partial charge in [0.15, 0.2) is 0 Å². The highest BCUT2D eigenvalue weighted by Gasteiger charge is 2.42. The van der Waals surface area contributed by atoms with E-state index in [0.29, 0.717) is 0 Å². The number of piperidine rings is 1. The molecule has 3 aliphatic rings. The Morgan fingerprint density at radius 1 is 0.952 bits per heavy atom. The van der Waals surface area contributed by atoms with Gasteiger partial charge in [0.05, 0.1) is 0 Å². The molecular weight excluding hydrogens is 254 g/mol. The Labute approximate surface area is 129 Å². The van der Waals surface area contributed by atoms with Gasteiger partial charge >= 0.3 is 0 Å². The number of hydrogen-bond acceptors (Lipinski definition) is 1. The molecule has 1 nitrogen and oxygen atoms in total. The summed E-state index contributed by atoms with van der Waals surface area (Å²) in [6.07, 6.45) is 8.85. The van der Waals surface area contributed by atoms with Crippen LogP contribution in [0.2, 0.25) is 0 Å². The first-order valence-electron chi connectivity index (χ1n) is 9.02. The first kappa shape index (κ1) is 13.8. The summed E-state index contributed by atoms with van der Waals surface area (Å²) in [4.78, 5) is 2.85. The third-order valence-corrected chi connectivity index (χ3v) is 6.79. The molecule has 1 aliphatic heterocycles. The molecule has 2 saturated carbocycles. The van der Waals surface area contributed by atoms with Crippen molar-refractivity contribution in [2.24, 2.45) is 11.8 Å². The Bertz CT molecular complexity index is 513. The minimum Gasteiger partial charge on any atom is -0.300 e. The average Bonchev–Trinajstić information content (AvgIpc) is 3.13. The van der Waals surface area contributed by atoms with Gasteiger partial charge in [0.2, 0.25) is 0 Å². The van der Waals surface area contributed by atoms with Crippen LogP contribution >= 0.6 is 0 Å². The lowest BCUT2D eigenvalue weighted by molar-refractivity contribution is 0.110. The summed E-state index contributed by atoms with van der Waals surface area (Å²) in [5, 5.41) is 0. The molecule has 0 aromatic heterocycles. The molecule has 4 rings (SSSR count). The highest BCUT2D eigenvalue weighted by molar-refractivity contribution is 5.35. The summed E-state index contributed by atoms with van der Waals surface area (Å²) in [5.41, 5.74) is 4.63. The van der Waals surface area contributed by atoms with E-state index in [0.717, 1.165) is 23.8 Å². The van der Waals surface area contributed by atoms with Gasteiger partial charge < -0.3 is 4.90 Å². The van der Waals surface area contributed by atoms with Crippen LogP contribution in [0.15, 0.2) is 18.2 Å². The number of likely N-dealkylation sites (tertiary alicyclic amines) is 1. The van der Waals surface area contributed by atoms with Crippen LogP contribution in [0.5, 0.6) is 0 Å². The van der Waals surface area contributed by atoms with Gasteiger partial charge in [0, 0.05) is 6.04 Å². The maximum absolute atomic E-state index is 2.85. The molecule has 3 fully saturated rings. The van der Waals surface area contributed by atoms with E-state index in [-0.39, 0.29) is 0 Å². The molecule has 0 radical (unpaired) electrons. The molecule has 114 valence electrons. The zero-order valence-corrected chi connectivity index (χ0v) is 13.6. The molecule has 3 atom stereocenters. The third-order valence-electron chi connectivity index (χ3n) is 6.79. The molecular formula is C20H29N. The maximum atomic E-state index is 2.85. The predicted molar refractivity (Wildman–Crippen MR) is 88.7 cm³/mol. The van der Waals surface area contributed by atoms with Crippen LogP contribution in [0.25, 0.3) is 0 Å². The number of nitrogens with zero attached hydrogens (tertiary/aromatic N) is 1. The average molecular weight is 283 g/mol. The van der Waals surface area contributed by atoms with Crippen molar-refractivity contribution in [3.8, 4) is 0 Å². The Morgan fingerprint density at radius 3 is 2.43 bits per heavy atom. The summed E-state index contributed by atoms with van der Waals surface area (Å²) < 4.78 is 0. The summed E-state index contributed by atoms with van der Waals surface area (Å²) in [6.45, 7) is 7.24. The van der Waals surface area contributed by atoms with E-state index in [4.69, 9.17) is 0 Å². The van der Waals surface area contributed by atoms with Crippen LogP contribution in [0, 0.1) is 25.7 Å². The Kier molecular flexibility index (Phi) is 3.57. The first-order valence-corrected chi connectivity index (χ1v) is 9.02. The number of benzene rings is 1. The second-order valence-corrected chi connectivity index (χ2v) is 7.84. The van der Waals surface area contributed by atoms with Gasteiger partial charge in [-0.1, -0.05) is 24.6 Å². The van der Waals surface area contributed by atoms with Crippen molar-refractivity contribution < 1.29 is 0 Å². The second-order valence-electron chi connectivity index (χ2n) is 7.84. The molecule has 1 heterocycles. The minimum absolute atomic E-state index is 0.805. The fourth-order valence-corrected chi connectivity index (χ4v) is 5.42. The molecule has 1 heteroatoms. The zero-order chi connectivity index (χ0) is 14.4. The molecule has 1 aromatic rings. The van der Waals surface area contributed by atoms with Gasteiger partial charge in [-0.25, -0.2) is 0 Å². The predicted octanol–water partition coefficient (Wildman–Crippen LogP) is 4.67. The number of rotatable bonds is 2. The molecule has 2 bridgehead atoms. The van der Waals surface area contributed by atoms with Gasteiger partial charge in [-0.3, -0.25) is 0 Å². The number of aryl methyl sites for hydroxylation is 1. The Hall–Kier alpha value is -0.820. The van der Waals surface area contributed by atoms with E-state index in [1.165, 1.54) is 56.3 Å². The van der Waals surface area contributed by atoms with Crippen LogP contribution in [0.4, 0.5) is 0 Å². The van der Waals surface area contributed by atoms with Crippen molar-refractivity contribution in [3.05, 3.63) is 34.9 Å². The van der Waals surface area contributed by atoms with E-state index in [1.807, 2.05) is 0 Å². The topological polar surface area (TPSA) is 3.24 Å². The lowest BCUT2D eigenvalue weighted by Gasteiger charge is -2.40. The monoisotopic (exact) mass is 283 g/mol. The molecule has 1 saturated heterocycles. The highest BCUT2D eigenvalue weighted by Crippen LogP contribution is 2.47. The van der Waals surface area contributed by atoms with Gasteiger partial charge in [0.25, 0.3) is 0 Å². The second kappa shape index (κ2) is 5.43. The molecule has 0 N–H and O–H groups in total. The lowest BCUT2D eigenvalue weighted by Crippen LogP contribution is -2.43. The van der Waals surface area contributed by atoms with Crippen molar-refractivity contribution in [2.45, 2.75) is 64.3 Å². The van der Waals surface area contributed by atoms with Crippen molar-refractivity contribution >= 4 is 0 Å². The molecule has 0 spiro atoms. The normalized spacial score (nSPS) is 33.7. The van der Waals surface area contributed by atoms with Crippen LogP contribution in [0.1, 0.15) is 61.1 Å². The molecule has 3 unspecified atom stereocenters. The van der Waals surface area contributed by atoms with Crippen LogP contribution in [0.3, 0.4) is 0 Å². The van der Waals surface area contributed by atoms with Gasteiger partial charge in [-0.15, -0.1) is 0 Å². The molecule has 21 heavy (non-hydrogen) atoms. The first-order chi connectivity index (χ1) is 10.2. The van der Waals surface area contributed by atoms with Gasteiger partial charge in [-0.05, 0) is 93.5 Å². The highest BCUT2D eigenvalue weighted by atomic mass is 15.2. The Morgan fingerprint density at radius 2 is 1.76 bits per heavy atom. The van der Waals surface area contributed by atoms with Gasteiger partial charge in [0.1, 0.15) is 0 Å². The number of fused-ring (bicyclic) bond motifs is 2. The summed E-state index contributed by atoms with van der Waals surface area (Å²) >= 11 is 0. The zero-order valence-electron chi connectivity index (χ0n) is 13.6. The number of hydrogen-bond donors (Lipinski definition) is 0. The smallest absolute Gasteiger partial charge is 0.0126 e. The largest absolute Gasteiger partial charge is 0.300 e. The third kappa shape index (κ3) is 2.44. The van der Waals surface area contributed by atoms with Crippen molar-refractivity contribution in [1.29, 1.82) is 0 Å².